The molecule has 1 aliphatic rings. The summed E-state index contributed by atoms with van der Waals surface area (Å²) < 4.78 is 3.34. The van der Waals surface area contributed by atoms with Gasteiger partial charge in [0, 0.05) is 12.6 Å². The van der Waals surface area contributed by atoms with E-state index in [-0.39, 0.29) is 17.2 Å². The summed E-state index contributed by atoms with van der Waals surface area (Å²) in [5, 5.41) is 0. The number of rotatable bonds is 4. The van der Waals surface area contributed by atoms with Gasteiger partial charge in [0.15, 0.2) is 0 Å². The number of para-hydroxylation sites is 1. The van der Waals surface area contributed by atoms with E-state index in [0.29, 0.717) is 17.2 Å². The molecule has 0 spiro atoms. The predicted octanol–water partition coefficient (Wildman–Crippen LogP) is 4.63. The van der Waals surface area contributed by atoms with Crippen molar-refractivity contribution in [2.75, 3.05) is 4.90 Å². The minimum atomic E-state index is -0.328. The fraction of sp³-hybridized carbons (Fsp3) is 0.107. The Hall–Kier alpha value is -4.45. The Balaban J connectivity index is 1.69. The number of aryl methyl sites for hydroxylation is 1. The Morgan fingerprint density at radius 1 is 0.794 bits per heavy atom. The first kappa shape index (κ1) is 21.4. The van der Waals surface area contributed by atoms with Crippen molar-refractivity contribution in [1.29, 1.82) is 0 Å². The van der Waals surface area contributed by atoms with Gasteiger partial charge in [-0.3, -0.25) is 19.2 Å². The van der Waals surface area contributed by atoms with Crippen LogP contribution in [0.25, 0.3) is 11.8 Å². The van der Waals surface area contributed by atoms with E-state index >= 15 is 0 Å². The topological polar surface area (TPSA) is 59.6 Å². The summed E-state index contributed by atoms with van der Waals surface area (Å²) in [5.74, 6) is 0.111. The second-order valence-electron chi connectivity index (χ2n) is 8.29. The maximum Gasteiger partial charge on any atom is 0.296 e. The van der Waals surface area contributed by atoms with E-state index < -0.39 is 0 Å². The van der Waals surface area contributed by atoms with E-state index in [0.717, 1.165) is 22.4 Å². The van der Waals surface area contributed by atoms with E-state index in [9.17, 15) is 9.59 Å². The Morgan fingerprint density at radius 3 is 2.06 bits per heavy atom. The van der Waals surface area contributed by atoms with E-state index in [1.54, 1.807) is 15.4 Å². The third-order valence-electron chi connectivity index (χ3n) is 6.02. The molecule has 6 heteroatoms. The van der Waals surface area contributed by atoms with E-state index in [4.69, 9.17) is 4.99 Å². The molecule has 0 aliphatic carbocycles. The molecule has 34 heavy (non-hydrogen) atoms. The Morgan fingerprint density at radius 2 is 1.41 bits per heavy atom. The van der Waals surface area contributed by atoms with Gasteiger partial charge in [0.05, 0.1) is 11.4 Å². The summed E-state index contributed by atoms with van der Waals surface area (Å²) in [6, 6.07) is 26.7. The van der Waals surface area contributed by atoms with Crippen LogP contribution < -0.4 is 10.5 Å². The quantitative estimate of drug-likeness (QED) is 0.428. The summed E-state index contributed by atoms with van der Waals surface area (Å²) >= 11 is 0. The van der Waals surface area contributed by atoms with Gasteiger partial charge in [0.25, 0.3) is 11.5 Å². The van der Waals surface area contributed by atoms with Crippen LogP contribution in [0.5, 0.6) is 0 Å². The van der Waals surface area contributed by atoms with E-state index in [1.165, 1.54) is 4.90 Å². The molecule has 5 rings (SSSR count). The first-order valence-corrected chi connectivity index (χ1v) is 11.1. The molecule has 0 atom stereocenters. The van der Waals surface area contributed by atoms with Crippen LogP contribution in [0.15, 0.2) is 100 Å². The first-order valence-electron chi connectivity index (χ1n) is 11.1. The second-order valence-corrected chi connectivity index (χ2v) is 8.29. The van der Waals surface area contributed by atoms with E-state index in [1.807, 2.05) is 106 Å². The molecule has 1 aliphatic heterocycles. The minimum Gasteiger partial charge on any atom is -0.283 e. The van der Waals surface area contributed by atoms with Crippen LogP contribution in [0.1, 0.15) is 22.4 Å². The molecule has 0 N–H and O–H groups in total. The number of aromatic nitrogens is 2. The van der Waals surface area contributed by atoms with Gasteiger partial charge in [-0.15, -0.1) is 0 Å². The van der Waals surface area contributed by atoms with Crippen molar-refractivity contribution in [3.05, 3.63) is 123 Å². The number of hydrogen-bond acceptors (Lipinski definition) is 3. The fourth-order valence-electron chi connectivity index (χ4n) is 4.14. The van der Waals surface area contributed by atoms with Crippen molar-refractivity contribution < 1.29 is 4.79 Å². The third-order valence-corrected chi connectivity index (χ3v) is 6.02. The summed E-state index contributed by atoms with van der Waals surface area (Å²) in [4.78, 5) is 33.6. The standard InChI is InChI=1S/C28H24N4O2/c1-19-14-16-21(17-15-19)18-24-27(33)31(26(29-24)22-10-6-4-7-11-22)25-20(2)30(3)32(28(25)34)23-12-8-5-9-13-23/h4-18H,1-3H3. The van der Waals surface area contributed by atoms with Crippen LogP contribution in [-0.4, -0.2) is 21.1 Å². The molecule has 0 unspecified atom stereocenters. The average Bonchev–Trinajstić information content (AvgIpc) is 3.28. The van der Waals surface area contributed by atoms with Crippen LogP contribution in [0.2, 0.25) is 0 Å². The highest BCUT2D eigenvalue weighted by molar-refractivity contribution is 6.33. The number of nitrogens with zero attached hydrogens (tertiary/aromatic N) is 4. The second kappa shape index (κ2) is 8.48. The highest BCUT2D eigenvalue weighted by Crippen LogP contribution is 2.29. The maximum atomic E-state index is 13.7. The molecule has 1 amide bonds. The number of anilines is 1. The summed E-state index contributed by atoms with van der Waals surface area (Å²) in [6.45, 7) is 3.86. The van der Waals surface area contributed by atoms with Gasteiger partial charge in [-0.1, -0.05) is 78.4 Å². The molecule has 3 aromatic carbocycles. The van der Waals surface area contributed by atoms with Gasteiger partial charge in [-0.2, -0.15) is 0 Å². The molecule has 0 saturated carbocycles. The minimum absolute atomic E-state index is 0.278. The number of hydrogen-bond donors (Lipinski definition) is 0. The predicted molar refractivity (Wildman–Crippen MR) is 135 cm³/mol. The fourth-order valence-corrected chi connectivity index (χ4v) is 4.14. The van der Waals surface area contributed by atoms with Crippen molar-refractivity contribution in [1.82, 2.24) is 9.36 Å². The van der Waals surface area contributed by atoms with Gasteiger partial charge in [-0.05, 0) is 37.6 Å². The maximum absolute atomic E-state index is 13.7. The van der Waals surface area contributed by atoms with Crippen LogP contribution in [0, 0.1) is 13.8 Å². The SMILES string of the molecule is Cc1ccc(C=C2N=C(c3ccccc3)N(c3c(C)n(C)n(-c4ccccc4)c3=O)C2=O)cc1. The van der Waals surface area contributed by atoms with Crippen molar-refractivity contribution in [3.8, 4) is 5.69 Å². The van der Waals surface area contributed by atoms with Crippen LogP contribution in [0.3, 0.4) is 0 Å². The first-order chi connectivity index (χ1) is 16.5. The van der Waals surface area contributed by atoms with Crippen molar-refractivity contribution >= 4 is 23.5 Å². The largest absolute Gasteiger partial charge is 0.296 e. The lowest BCUT2D eigenvalue weighted by atomic mass is 10.1. The van der Waals surface area contributed by atoms with Crippen LogP contribution in [0.4, 0.5) is 5.69 Å². The van der Waals surface area contributed by atoms with Gasteiger partial charge >= 0.3 is 0 Å². The van der Waals surface area contributed by atoms with Gasteiger partial charge in [0.1, 0.15) is 17.2 Å². The van der Waals surface area contributed by atoms with E-state index in [2.05, 4.69) is 0 Å². The highest BCUT2D eigenvalue weighted by atomic mass is 16.2. The van der Waals surface area contributed by atoms with Crippen LogP contribution >= 0.6 is 0 Å². The molecule has 0 saturated heterocycles. The van der Waals surface area contributed by atoms with Gasteiger partial charge in [-0.25, -0.2) is 9.67 Å². The molecule has 6 nitrogen and oxygen atoms in total. The number of carbonyl (C=O) groups excluding carboxylic acids is 1. The molecule has 0 radical (unpaired) electrons. The monoisotopic (exact) mass is 448 g/mol. The Labute approximate surface area is 197 Å². The lowest BCUT2D eigenvalue weighted by molar-refractivity contribution is -0.113. The van der Waals surface area contributed by atoms with Crippen molar-refractivity contribution in [3.63, 3.8) is 0 Å². The molecule has 1 aromatic heterocycles. The summed E-state index contributed by atoms with van der Waals surface area (Å²) in [5.41, 5.74) is 4.47. The normalized spacial score (nSPS) is 14.7. The zero-order chi connectivity index (χ0) is 23.8. The molecule has 2 heterocycles. The van der Waals surface area contributed by atoms with Crippen molar-refractivity contribution in [2.24, 2.45) is 12.0 Å². The number of carbonyl (C=O) groups is 1. The Bertz CT molecular complexity index is 1490. The molecule has 0 bridgehead atoms. The smallest absolute Gasteiger partial charge is 0.283 e. The molecular weight excluding hydrogens is 424 g/mol. The number of aliphatic imine (C=N–C) groups is 1. The molecule has 0 fully saturated rings. The van der Waals surface area contributed by atoms with Gasteiger partial charge < -0.3 is 0 Å². The van der Waals surface area contributed by atoms with Crippen molar-refractivity contribution in [2.45, 2.75) is 13.8 Å². The summed E-state index contributed by atoms with van der Waals surface area (Å²) in [6.07, 6.45) is 1.76. The third kappa shape index (κ3) is 3.59. The molecular formula is C28H24N4O2. The summed E-state index contributed by atoms with van der Waals surface area (Å²) in [7, 11) is 1.82. The highest BCUT2D eigenvalue weighted by Gasteiger charge is 2.37. The molecule has 4 aromatic rings. The lowest BCUT2D eigenvalue weighted by Gasteiger charge is -2.17. The Kier molecular flexibility index (Phi) is 5.34. The van der Waals surface area contributed by atoms with Gasteiger partial charge in [0.2, 0.25) is 0 Å². The lowest BCUT2D eigenvalue weighted by Crippen LogP contribution is -2.36. The average molecular weight is 449 g/mol. The zero-order valence-electron chi connectivity index (χ0n) is 19.3. The number of amidine groups is 1. The number of amides is 1. The van der Waals surface area contributed by atoms with Crippen LogP contribution in [-0.2, 0) is 11.8 Å². The molecule has 168 valence electrons. The number of benzene rings is 3. The zero-order valence-corrected chi connectivity index (χ0v) is 19.3.